The Morgan fingerprint density at radius 1 is 1.22 bits per heavy atom. The van der Waals surface area contributed by atoms with Gasteiger partial charge in [-0.15, -0.1) is 13.2 Å². The molecule has 0 unspecified atom stereocenters. The summed E-state index contributed by atoms with van der Waals surface area (Å²) in [6.45, 7) is 14.4. The van der Waals surface area contributed by atoms with Crippen molar-refractivity contribution in [3.8, 4) is 0 Å². The Morgan fingerprint density at radius 3 is 1.72 bits per heavy atom. The molecule has 4 heteroatoms. The van der Waals surface area contributed by atoms with Gasteiger partial charge in [-0.05, 0) is 19.8 Å². The number of allylic oxidation sites excluding steroid dienone is 1. The quantitative estimate of drug-likeness (QED) is 0.717. The third-order valence-electron chi connectivity index (χ3n) is 1.95. The molecule has 4 nitrogen and oxygen atoms in total. The van der Waals surface area contributed by atoms with Gasteiger partial charge in [-0.3, -0.25) is 9.59 Å². The fourth-order valence-electron chi connectivity index (χ4n) is 0.696. The topological polar surface area (TPSA) is 80.4 Å². The molecule has 0 fully saturated rings. The van der Waals surface area contributed by atoms with Gasteiger partial charge in [-0.2, -0.15) is 0 Å². The van der Waals surface area contributed by atoms with E-state index in [9.17, 15) is 9.59 Å². The molecule has 0 spiro atoms. The third-order valence-corrected chi connectivity index (χ3v) is 1.95. The number of carbonyl (C=O) groups is 2. The molecule has 0 saturated carbocycles. The van der Waals surface area contributed by atoms with Crippen LogP contribution in [0.25, 0.3) is 0 Å². The number of carbonyl (C=O) groups excluding carboxylic acids is 1. The Kier molecular flexibility index (Phi) is 18.9. The van der Waals surface area contributed by atoms with Crippen molar-refractivity contribution in [2.75, 3.05) is 0 Å². The Morgan fingerprint density at radius 2 is 1.61 bits per heavy atom. The fourth-order valence-corrected chi connectivity index (χ4v) is 0.696. The van der Waals surface area contributed by atoms with Crippen LogP contribution in [-0.4, -0.2) is 22.9 Å². The lowest BCUT2D eigenvalue weighted by Crippen LogP contribution is -2.28. The molecule has 18 heavy (non-hydrogen) atoms. The van der Waals surface area contributed by atoms with Crippen LogP contribution in [0, 0.1) is 5.92 Å². The molecule has 3 N–H and O–H groups in total. The van der Waals surface area contributed by atoms with Gasteiger partial charge in [0.2, 0.25) is 0 Å². The molecule has 0 heterocycles. The van der Waals surface area contributed by atoms with Crippen LogP contribution in [0.2, 0.25) is 0 Å². The molecule has 0 aromatic heterocycles. The van der Waals surface area contributed by atoms with Gasteiger partial charge in [-0.25, -0.2) is 0 Å². The van der Waals surface area contributed by atoms with Crippen molar-refractivity contribution < 1.29 is 14.7 Å². The van der Waals surface area contributed by atoms with Gasteiger partial charge in [0.25, 0.3) is 0 Å². The van der Waals surface area contributed by atoms with Crippen LogP contribution in [0.4, 0.5) is 0 Å². The predicted octanol–water partition coefficient (Wildman–Crippen LogP) is 2.79. The number of hydrogen-bond acceptors (Lipinski definition) is 3. The highest BCUT2D eigenvalue weighted by molar-refractivity contribution is 5.77. The lowest BCUT2D eigenvalue weighted by Gasteiger charge is -1.99. The second-order valence-corrected chi connectivity index (χ2v) is 3.51. The van der Waals surface area contributed by atoms with Crippen molar-refractivity contribution >= 4 is 11.8 Å². The number of Topliss-reactive ketones (excluding diaryl/α,β-unsaturated/α-hetero) is 1. The molecule has 0 radical (unpaired) electrons. The van der Waals surface area contributed by atoms with E-state index in [1.54, 1.807) is 13.0 Å². The monoisotopic (exact) mass is 257 g/mol. The van der Waals surface area contributed by atoms with Crippen molar-refractivity contribution in [3.63, 3.8) is 0 Å². The fraction of sp³-hybridized carbons (Fsp3) is 0.571. The third kappa shape index (κ3) is 17.0. The summed E-state index contributed by atoms with van der Waals surface area (Å²) in [5, 5.41) is 8.14. The smallest absolute Gasteiger partial charge is 0.320 e. The Labute approximate surface area is 111 Å². The molecule has 0 aliphatic heterocycles. The summed E-state index contributed by atoms with van der Waals surface area (Å²) in [7, 11) is 0. The summed E-state index contributed by atoms with van der Waals surface area (Å²) >= 11 is 0. The highest BCUT2D eigenvalue weighted by atomic mass is 16.4. The molecule has 2 atom stereocenters. The van der Waals surface area contributed by atoms with Crippen molar-refractivity contribution in [1.29, 1.82) is 0 Å². The first-order chi connectivity index (χ1) is 8.36. The van der Waals surface area contributed by atoms with E-state index >= 15 is 0 Å². The van der Waals surface area contributed by atoms with E-state index in [1.807, 2.05) is 20.8 Å². The van der Waals surface area contributed by atoms with Crippen molar-refractivity contribution in [1.82, 2.24) is 0 Å². The van der Waals surface area contributed by atoms with E-state index in [0.29, 0.717) is 6.42 Å². The second kappa shape index (κ2) is 15.6. The maximum Gasteiger partial charge on any atom is 0.320 e. The minimum Gasteiger partial charge on any atom is -0.480 e. The van der Waals surface area contributed by atoms with E-state index < -0.39 is 12.0 Å². The van der Waals surface area contributed by atoms with E-state index in [-0.39, 0.29) is 11.7 Å². The summed E-state index contributed by atoms with van der Waals surface area (Å²) in [6.07, 6.45) is 4.38. The van der Waals surface area contributed by atoms with Gasteiger partial charge < -0.3 is 10.8 Å². The van der Waals surface area contributed by atoms with Gasteiger partial charge in [0.05, 0.1) is 0 Å². The summed E-state index contributed by atoms with van der Waals surface area (Å²) < 4.78 is 0. The maximum absolute atomic E-state index is 10.5. The molecule has 0 aliphatic rings. The first kappa shape index (κ1) is 21.8. The molecular formula is C14H27NO3. The molecule has 0 amide bonds. The van der Waals surface area contributed by atoms with E-state index in [0.717, 1.165) is 6.42 Å². The number of carboxylic acids is 1. The highest BCUT2D eigenvalue weighted by Gasteiger charge is 2.06. The minimum atomic E-state index is -0.982. The van der Waals surface area contributed by atoms with Crippen molar-refractivity contribution in [2.45, 2.75) is 46.6 Å². The number of hydrogen-bond donors (Lipinski definition) is 2. The lowest BCUT2D eigenvalue weighted by atomic mass is 10.0. The minimum absolute atomic E-state index is 0.160. The molecule has 0 aromatic rings. The van der Waals surface area contributed by atoms with Crippen LogP contribution in [0.3, 0.4) is 0 Å². The zero-order valence-electron chi connectivity index (χ0n) is 12.0. The van der Waals surface area contributed by atoms with Gasteiger partial charge in [0, 0.05) is 5.92 Å². The molecule has 0 aromatic carbocycles. The summed E-state index contributed by atoms with van der Waals surface area (Å²) in [6, 6.07) is -0.785. The average molecular weight is 257 g/mol. The number of aliphatic carboxylic acids is 1. The SMILES string of the molecule is C=CC[C@H](C)C(C)=O.C=CC[C@H](N)C(=O)O.CC. The van der Waals surface area contributed by atoms with Gasteiger partial charge >= 0.3 is 5.97 Å². The molecule has 0 rings (SSSR count). The second-order valence-electron chi connectivity index (χ2n) is 3.51. The first-order valence-corrected chi connectivity index (χ1v) is 6.07. The van der Waals surface area contributed by atoms with Crippen LogP contribution < -0.4 is 5.73 Å². The zero-order valence-corrected chi connectivity index (χ0v) is 12.0. The van der Waals surface area contributed by atoms with E-state index in [1.165, 1.54) is 6.08 Å². The number of rotatable bonds is 6. The Bertz CT molecular complexity index is 223. The van der Waals surface area contributed by atoms with Crippen molar-refractivity contribution in [2.24, 2.45) is 11.7 Å². The van der Waals surface area contributed by atoms with Crippen LogP contribution in [0.15, 0.2) is 25.3 Å². The Balaban J connectivity index is -0.000000219. The number of carboxylic acid groups (broad SMARTS) is 1. The van der Waals surface area contributed by atoms with Crippen LogP contribution in [0.1, 0.15) is 40.5 Å². The van der Waals surface area contributed by atoms with Crippen molar-refractivity contribution in [3.05, 3.63) is 25.3 Å². The predicted molar refractivity (Wildman–Crippen MR) is 76.4 cm³/mol. The zero-order chi connectivity index (χ0) is 15.1. The number of nitrogens with two attached hydrogens (primary N) is 1. The molecule has 0 aliphatic carbocycles. The van der Waals surface area contributed by atoms with E-state index in [2.05, 4.69) is 13.2 Å². The molecule has 0 bridgehead atoms. The van der Waals surface area contributed by atoms with Gasteiger partial charge in [0.15, 0.2) is 0 Å². The standard InChI is InChI=1S/C7H12O.C5H9NO2.C2H6/c1-4-5-6(2)7(3)8;1-2-3-4(6)5(7)8;1-2/h4,6H,1,5H2,2-3H3;2,4H,1,3,6H2,(H,7,8);1-2H3/t6-;4-;/m00./s1. The summed E-state index contributed by atoms with van der Waals surface area (Å²) in [4.78, 5) is 20.4. The molecule has 106 valence electrons. The first-order valence-electron chi connectivity index (χ1n) is 6.07. The lowest BCUT2D eigenvalue weighted by molar-refractivity contribution is -0.138. The molecule has 0 saturated heterocycles. The highest BCUT2D eigenvalue weighted by Crippen LogP contribution is 2.01. The summed E-state index contributed by atoms with van der Waals surface area (Å²) in [5.41, 5.74) is 5.06. The average Bonchev–Trinajstić information content (AvgIpc) is 2.33. The van der Waals surface area contributed by atoms with Crippen LogP contribution in [0.5, 0.6) is 0 Å². The van der Waals surface area contributed by atoms with Gasteiger partial charge in [0.1, 0.15) is 11.8 Å². The number of ketones is 1. The normalized spacial score (nSPS) is 11.6. The Hall–Kier alpha value is -1.42. The van der Waals surface area contributed by atoms with Crippen LogP contribution in [-0.2, 0) is 9.59 Å². The van der Waals surface area contributed by atoms with E-state index in [4.69, 9.17) is 10.8 Å². The van der Waals surface area contributed by atoms with Crippen LogP contribution >= 0.6 is 0 Å². The maximum atomic E-state index is 10.5. The molecular weight excluding hydrogens is 230 g/mol. The van der Waals surface area contributed by atoms with Gasteiger partial charge in [-0.1, -0.05) is 32.9 Å². The summed E-state index contributed by atoms with van der Waals surface area (Å²) in [5.74, 6) is -0.581. The largest absolute Gasteiger partial charge is 0.480 e.